The van der Waals surface area contributed by atoms with Gasteiger partial charge in [-0.15, -0.1) is 11.3 Å². The Hall–Kier alpha value is -4.41. The third-order valence-electron chi connectivity index (χ3n) is 8.34. The first kappa shape index (κ1) is 29.7. The summed E-state index contributed by atoms with van der Waals surface area (Å²) in [5.41, 5.74) is 5.60. The number of pyridine rings is 1. The zero-order chi connectivity index (χ0) is 30.6. The second-order valence-electron chi connectivity index (χ2n) is 11.4. The van der Waals surface area contributed by atoms with Crippen molar-refractivity contribution in [1.82, 2.24) is 9.88 Å². The summed E-state index contributed by atoms with van der Waals surface area (Å²) in [4.78, 5) is 38.7. The van der Waals surface area contributed by atoms with E-state index in [2.05, 4.69) is 37.4 Å². The number of piperazine rings is 1. The molecule has 0 saturated carbocycles. The van der Waals surface area contributed by atoms with E-state index in [0.29, 0.717) is 16.8 Å². The number of hydrogen-bond acceptors (Lipinski definition) is 8. The van der Waals surface area contributed by atoms with E-state index >= 15 is 0 Å². The van der Waals surface area contributed by atoms with Gasteiger partial charge in [0, 0.05) is 72.7 Å². The molecule has 0 unspecified atom stereocenters. The van der Waals surface area contributed by atoms with Gasteiger partial charge in [-0.25, -0.2) is 4.98 Å². The maximum Gasteiger partial charge on any atom is 0.256 e. The number of thiophene rings is 1. The minimum absolute atomic E-state index is 0.171. The maximum atomic E-state index is 13.3. The summed E-state index contributed by atoms with van der Waals surface area (Å²) in [5.74, 6) is 1.29. The molecular formula is C34H38N6O3S. The van der Waals surface area contributed by atoms with Crippen molar-refractivity contribution in [2.45, 2.75) is 19.8 Å². The van der Waals surface area contributed by atoms with E-state index in [9.17, 15) is 9.59 Å². The van der Waals surface area contributed by atoms with Crippen molar-refractivity contribution in [1.29, 1.82) is 0 Å². The van der Waals surface area contributed by atoms with E-state index in [0.717, 1.165) is 91.1 Å². The molecule has 4 aromatic rings. The molecule has 2 aromatic heterocycles. The lowest BCUT2D eigenvalue weighted by molar-refractivity contribution is 0.101. The van der Waals surface area contributed by atoms with Crippen LogP contribution in [-0.2, 0) is 0 Å². The quantitative estimate of drug-likeness (QED) is 0.254. The Morgan fingerprint density at radius 2 is 1.52 bits per heavy atom. The molecule has 2 aliphatic heterocycles. The van der Waals surface area contributed by atoms with Crippen molar-refractivity contribution in [2.24, 2.45) is 0 Å². The van der Waals surface area contributed by atoms with Crippen LogP contribution in [0.3, 0.4) is 0 Å². The highest BCUT2D eigenvalue weighted by atomic mass is 32.1. The molecule has 9 nitrogen and oxygen atoms in total. The number of nitrogens with one attached hydrogen (secondary N) is 2. The Labute approximate surface area is 262 Å². The standard InChI is InChI=1S/C34H38N6O3S/c1-23-6-7-26(36-33(41)24-10-11-35-32(19-24)40-12-4-5-13-40)20-28(23)31-18-25(22-44-31)34(42)37-27-8-9-30(43-3)29(21-27)39-16-14-38(2)15-17-39/h6-11,18-22H,4-5,12-17H2,1-3H3,(H,36,41)(H,37,42). The number of amides is 2. The molecule has 0 bridgehead atoms. The summed E-state index contributed by atoms with van der Waals surface area (Å²) >= 11 is 1.51. The van der Waals surface area contributed by atoms with Crippen LogP contribution >= 0.6 is 11.3 Å². The van der Waals surface area contributed by atoms with Crippen LogP contribution in [0, 0.1) is 6.92 Å². The Bertz CT molecular complexity index is 1660. The summed E-state index contributed by atoms with van der Waals surface area (Å²) in [7, 11) is 3.80. The molecule has 2 amide bonds. The molecule has 228 valence electrons. The molecule has 0 radical (unpaired) electrons. The van der Waals surface area contributed by atoms with Gasteiger partial charge in [0.15, 0.2) is 0 Å². The molecule has 2 N–H and O–H groups in total. The van der Waals surface area contributed by atoms with Gasteiger partial charge in [0.25, 0.3) is 11.8 Å². The number of likely N-dealkylation sites (N-methyl/N-ethyl adjacent to an activating group) is 1. The SMILES string of the molecule is COc1ccc(NC(=O)c2csc(-c3cc(NC(=O)c4ccnc(N5CCCC5)c4)ccc3C)c2)cc1N1CCN(C)CC1. The van der Waals surface area contributed by atoms with Crippen molar-refractivity contribution in [3.8, 4) is 16.2 Å². The Balaban J connectivity index is 1.15. The summed E-state index contributed by atoms with van der Waals surface area (Å²) in [6, 6.07) is 17.1. The number of rotatable bonds is 8. The fraction of sp³-hybridized carbons (Fsp3) is 0.324. The van der Waals surface area contributed by atoms with Crippen molar-refractivity contribution in [2.75, 3.05) is 73.9 Å². The number of aryl methyl sites for hydroxylation is 1. The third kappa shape index (κ3) is 6.56. The zero-order valence-electron chi connectivity index (χ0n) is 25.4. The number of hydrogen-bond donors (Lipinski definition) is 2. The predicted molar refractivity (Wildman–Crippen MR) is 179 cm³/mol. The van der Waals surface area contributed by atoms with Gasteiger partial charge in [0.05, 0.1) is 18.4 Å². The third-order valence-corrected chi connectivity index (χ3v) is 9.30. The smallest absolute Gasteiger partial charge is 0.256 e. The summed E-state index contributed by atoms with van der Waals surface area (Å²) in [5, 5.41) is 7.98. The van der Waals surface area contributed by atoms with Crippen molar-refractivity contribution in [3.63, 3.8) is 0 Å². The normalized spacial score (nSPS) is 15.3. The van der Waals surface area contributed by atoms with Gasteiger partial charge in [0.2, 0.25) is 0 Å². The average Bonchev–Trinajstić information content (AvgIpc) is 3.76. The van der Waals surface area contributed by atoms with Gasteiger partial charge in [-0.05, 0) is 86.5 Å². The number of nitrogens with zero attached hydrogens (tertiary/aromatic N) is 4. The van der Waals surface area contributed by atoms with E-state index < -0.39 is 0 Å². The Kier molecular flexibility index (Phi) is 8.81. The highest BCUT2D eigenvalue weighted by molar-refractivity contribution is 7.13. The molecular weight excluding hydrogens is 572 g/mol. The first-order valence-corrected chi connectivity index (χ1v) is 15.9. The van der Waals surface area contributed by atoms with Crippen LogP contribution in [0.25, 0.3) is 10.4 Å². The number of anilines is 4. The number of ether oxygens (including phenoxy) is 1. The average molecular weight is 611 g/mol. The van der Waals surface area contributed by atoms with Crippen LogP contribution in [0.15, 0.2) is 66.2 Å². The number of benzene rings is 2. The molecule has 0 aliphatic carbocycles. The fourth-order valence-electron chi connectivity index (χ4n) is 5.71. The summed E-state index contributed by atoms with van der Waals surface area (Å²) in [6.45, 7) is 7.73. The summed E-state index contributed by atoms with van der Waals surface area (Å²) < 4.78 is 5.62. The van der Waals surface area contributed by atoms with Gasteiger partial charge >= 0.3 is 0 Å². The lowest BCUT2D eigenvalue weighted by Gasteiger charge is -2.34. The first-order chi connectivity index (χ1) is 21.4. The summed E-state index contributed by atoms with van der Waals surface area (Å²) in [6.07, 6.45) is 3.99. The van der Waals surface area contributed by atoms with Crippen molar-refractivity contribution >= 4 is 46.0 Å². The van der Waals surface area contributed by atoms with Gasteiger partial charge in [-0.2, -0.15) is 0 Å². The molecule has 6 rings (SSSR count). The van der Waals surface area contributed by atoms with Crippen LogP contribution in [0.5, 0.6) is 5.75 Å². The highest BCUT2D eigenvalue weighted by Gasteiger charge is 2.20. The van der Waals surface area contributed by atoms with Gasteiger partial charge in [-0.3, -0.25) is 9.59 Å². The molecule has 0 atom stereocenters. The lowest BCUT2D eigenvalue weighted by Crippen LogP contribution is -2.44. The topological polar surface area (TPSA) is 90.0 Å². The molecule has 10 heteroatoms. The Morgan fingerprint density at radius 3 is 2.27 bits per heavy atom. The van der Waals surface area contributed by atoms with E-state index in [4.69, 9.17) is 4.74 Å². The van der Waals surface area contributed by atoms with Gasteiger partial charge < -0.3 is 30.1 Å². The van der Waals surface area contributed by atoms with Crippen molar-refractivity contribution < 1.29 is 14.3 Å². The van der Waals surface area contributed by atoms with Gasteiger partial charge in [0.1, 0.15) is 11.6 Å². The second kappa shape index (κ2) is 13.1. The number of carbonyl (C=O) groups is 2. The highest BCUT2D eigenvalue weighted by Crippen LogP contribution is 2.34. The largest absolute Gasteiger partial charge is 0.495 e. The molecule has 2 saturated heterocycles. The number of aromatic nitrogens is 1. The predicted octanol–water partition coefficient (Wildman–Crippen LogP) is 5.98. The second-order valence-corrected chi connectivity index (χ2v) is 12.3. The number of carbonyl (C=O) groups excluding carboxylic acids is 2. The molecule has 2 fully saturated rings. The number of methoxy groups -OCH3 is 1. The molecule has 2 aliphatic rings. The van der Waals surface area contributed by atoms with Crippen LogP contribution in [-0.4, -0.2) is 75.1 Å². The zero-order valence-corrected chi connectivity index (χ0v) is 26.2. The van der Waals surface area contributed by atoms with E-state index in [1.807, 2.05) is 60.8 Å². The Morgan fingerprint density at radius 1 is 0.818 bits per heavy atom. The lowest BCUT2D eigenvalue weighted by atomic mass is 10.1. The van der Waals surface area contributed by atoms with Crippen LogP contribution in [0.2, 0.25) is 0 Å². The van der Waals surface area contributed by atoms with Crippen molar-refractivity contribution in [3.05, 3.63) is 82.9 Å². The fourth-order valence-corrected chi connectivity index (χ4v) is 6.68. The molecule has 0 spiro atoms. The molecule has 2 aromatic carbocycles. The van der Waals surface area contributed by atoms with Crippen LogP contribution in [0.4, 0.5) is 22.9 Å². The first-order valence-electron chi connectivity index (χ1n) is 15.0. The molecule has 4 heterocycles. The van der Waals surface area contributed by atoms with Crippen LogP contribution in [0.1, 0.15) is 39.1 Å². The van der Waals surface area contributed by atoms with E-state index in [1.54, 1.807) is 19.4 Å². The minimum atomic E-state index is -0.177. The maximum absolute atomic E-state index is 13.3. The van der Waals surface area contributed by atoms with Crippen LogP contribution < -0.4 is 25.2 Å². The van der Waals surface area contributed by atoms with E-state index in [1.165, 1.54) is 11.3 Å². The monoisotopic (exact) mass is 610 g/mol. The molecule has 44 heavy (non-hydrogen) atoms. The minimum Gasteiger partial charge on any atom is -0.495 e. The van der Waals surface area contributed by atoms with Gasteiger partial charge in [-0.1, -0.05) is 6.07 Å². The van der Waals surface area contributed by atoms with E-state index in [-0.39, 0.29) is 11.8 Å².